The van der Waals surface area contributed by atoms with E-state index in [0.717, 1.165) is 44.5 Å². The van der Waals surface area contributed by atoms with Gasteiger partial charge in [0.25, 0.3) is 5.91 Å². The lowest BCUT2D eigenvalue weighted by Crippen LogP contribution is -2.40. The summed E-state index contributed by atoms with van der Waals surface area (Å²) in [7, 11) is -3.79. The molecular weight excluding hydrogens is 478 g/mol. The highest BCUT2D eigenvalue weighted by Gasteiger charge is 2.28. The smallest absolute Gasteiger partial charge is 0.262 e. The fourth-order valence-electron chi connectivity index (χ4n) is 5.40. The Balaban J connectivity index is 1.36. The Morgan fingerprint density at radius 2 is 1.72 bits per heavy atom. The number of carbonyl (C=O) groups excluding carboxylic acids is 1. The van der Waals surface area contributed by atoms with Gasteiger partial charge in [0.15, 0.2) is 6.61 Å². The average molecular weight is 514 g/mol. The Bertz CT molecular complexity index is 1190. The summed E-state index contributed by atoms with van der Waals surface area (Å²) in [4.78, 5) is 14.5. The zero-order valence-electron chi connectivity index (χ0n) is 20.7. The van der Waals surface area contributed by atoms with E-state index in [1.54, 1.807) is 12.1 Å². The van der Waals surface area contributed by atoms with Crippen LogP contribution in [0.2, 0.25) is 0 Å². The van der Waals surface area contributed by atoms with Gasteiger partial charge in [-0.3, -0.25) is 4.79 Å². The highest BCUT2D eigenvalue weighted by Crippen LogP contribution is 2.31. The minimum Gasteiger partial charge on any atom is -0.492 e. The lowest BCUT2D eigenvalue weighted by Gasteiger charge is -2.36. The first-order valence-corrected chi connectivity index (χ1v) is 14.5. The number of hydrogen-bond donors (Lipinski definition) is 1. The molecule has 1 fully saturated rings. The van der Waals surface area contributed by atoms with E-state index in [2.05, 4.69) is 22.3 Å². The number of nitrogens with zero attached hydrogens (tertiary/aromatic N) is 2. The van der Waals surface area contributed by atoms with Crippen LogP contribution in [0.5, 0.6) is 11.5 Å². The van der Waals surface area contributed by atoms with Crippen LogP contribution >= 0.6 is 0 Å². The predicted molar refractivity (Wildman–Crippen MR) is 138 cm³/mol. The average Bonchev–Trinajstić information content (AvgIpc) is 2.89. The number of amides is 1. The van der Waals surface area contributed by atoms with Crippen molar-refractivity contribution in [1.82, 2.24) is 9.21 Å². The number of rotatable bonds is 2. The molecule has 8 nitrogen and oxygen atoms in total. The Morgan fingerprint density at radius 1 is 0.889 bits per heavy atom. The number of ether oxygens (including phenoxy) is 2. The Kier molecular flexibility index (Phi) is 7.79. The van der Waals surface area contributed by atoms with Crippen molar-refractivity contribution in [3.8, 4) is 11.5 Å². The van der Waals surface area contributed by atoms with Gasteiger partial charge in [0.2, 0.25) is 10.0 Å². The molecule has 36 heavy (non-hydrogen) atoms. The van der Waals surface area contributed by atoms with Crippen molar-refractivity contribution in [2.24, 2.45) is 0 Å². The maximum atomic E-state index is 13.7. The van der Waals surface area contributed by atoms with Crippen molar-refractivity contribution in [1.29, 1.82) is 0 Å². The Morgan fingerprint density at radius 3 is 2.61 bits per heavy atom. The molecule has 1 atom stereocenters. The SMILES string of the molecule is O=C1COc2ccc(S(=O)(=O)N3CCCCN4CCCCC4CCc4cccc(c4)OCC3)cc2N1. The van der Waals surface area contributed by atoms with Crippen LogP contribution in [0.15, 0.2) is 47.4 Å². The number of nitrogens with one attached hydrogen (secondary N) is 1. The van der Waals surface area contributed by atoms with Gasteiger partial charge < -0.3 is 19.7 Å². The number of hydrogen-bond acceptors (Lipinski definition) is 6. The van der Waals surface area contributed by atoms with Crippen LogP contribution in [-0.2, 0) is 21.2 Å². The molecular formula is C27H35N3O5S. The third-order valence-electron chi connectivity index (χ3n) is 7.35. The summed E-state index contributed by atoms with van der Waals surface area (Å²) < 4.78 is 40.2. The molecule has 0 radical (unpaired) electrons. The maximum absolute atomic E-state index is 13.7. The molecule has 1 saturated heterocycles. The van der Waals surface area contributed by atoms with Crippen LogP contribution in [-0.4, -0.2) is 69.0 Å². The van der Waals surface area contributed by atoms with Crippen LogP contribution < -0.4 is 14.8 Å². The lowest BCUT2D eigenvalue weighted by molar-refractivity contribution is -0.118. The number of carbonyl (C=O) groups is 1. The minimum absolute atomic E-state index is 0.0678. The summed E-state index contributed by atoms with van der Waals surface area (Å²) in [5.41, 5.74) is 1.64. The predicted octanol–water partition coefficient (Wildman–Crippen LogP) is 3.67. The molecule has 0 saturated carbocycles. The first kappa shape index (κ1) is 25.0. The van der Waals surface area contributed by atoms with Crippen LogP contribution in [0.4, 0.5) is 5.69 Å². The van der Waals surface area contributed by atoms with Crippen molar-refractivity contribution in [3.63, 3.8) is 0 Å². The Hall–Kier alpha value is -2.62. The molecule has 3 aliphatic heterocycles. The fraction of sp³-hybridized carbons (Fsp3) is 0.519. The summed E-state index contributed by atoms with van der Waals surface area (Å²) in [6.45, 7) is 2.99. The number of benzene rings is 2. The quantitative estimate of drug-likeness (QED) is 0.659. The number of piperidine rings is 1. The molecule has 2 bridgehead atoms. The zero-order chi connectivity index (χ0) is 25.0. The molecule has 2 aromatic rings. The van der Waals surface area contributed by atoms with Crippen molar-refractivity contribution in [2.45, 2.75) is 55.9 Å². The van der Waals surface area contributed by atoms with Gasteiger partial charge in [0, 0.05) is 19.1 Å². The third kappa shape index (κ3) is 5.85. The lowest BCUT2D eigenvalue weighted by atomic mass is 9.95. The molecule has 0 aliphatic carbocycles. The molecule has 3 heterocycles. The van der Waals surface area contributed by atoms with Crippen molar-refractivity contribution in [2.75, 3.05) is 44.7 Å². The minimum atomic E-state index is -3.79. The highest BCUT2D eigenvalue weighted by molar-refractivity contribution is 7.89. The van der Waals surface area contributed by atoms with Gasteiger partial charge >= 0.3 is 0 Å². The summed E-state index contributed by atoms with van der Waals surface area (Å²) in [5, 5.41) is 2.70. The zero-order valence-corrected chi connectivity index (χ0v) is 21.5. The maximum Gasteiger partial charge on any atom is 0.262 e. The number of aryl methyl sites for hydroxylation is 1. The summed E-state index contributed by atoms with van der Waals surface area (Å²) in [6, 6.07) is 13.4. The van der Waals surface area contributed by atoms with Crippen molar-refractivity contribution >= 4 is 21.6 Å². The highest BCUT2D eigenvalue weighted by atomic mass is 32.2. The number of sulfonamides is 1. The summed E-state index contributed by atoms with van der Waals surface area (Å²) in [6.07, 6.45) is 7.64. The van der Waals surface area contributed by atoms with E-state index in [1.807, 2.05) is 12.1 Å². The van der Waals surface area contributed by atoms with E-state index in [4.69, 9.17) is 9.47 Å². The van der Waals surface area contributed by atoms with Crippen LogP contribution in [0.25, 0.3) is 0 Å². The van der Waals surface area contributed by atoms with Crippen LogP contribution in [0.1, 0.15) is 44.1 Å². The van der Waals surface area contributed by atoms with E-state index in [-0.39, 0.29) is 30.6 Å². The monoisotopic (exact) mass is 513 g/mol. The molecule has 194 valence electrons. The Labute approximate surface area is 213 Å². The molecule has 5 rings (SSSR count). The normalized spacial score (nSPS) is 22.6. The van der Waals surface area contributed by atoms with Gasteiger partial charge in [-0.05, 0) is 87.5 Å². The number of fused-ring (bicyclic) bond motifs is 4. The molecule has 1 N–H and O–H groups in total. The first-order chi connectivity index (χ1) is 17.5. The molecule has 9 heteroatoms. The molecule has 0 aromatic heterocycles. The summed E-state index contributed by atoms with van der Waals surface area (Å²) >= 11 is 0. The van der Waals surface area contributed by atoms with E-state index < -0.39 is 10.0 Å². The van der Waals surface area contributed by atoms with Gasteiger partial charge in [-0.1, -0.05) is 18.6 Å². The van der Waals surface area contributed by atoms with Gasteiger partial charge in [0.05, 0.1) is 10.6 Å². The molecule has 0 spiro atoms. The van der Waals surface area contributed by atoms with E-state index in [0.29, 0.717) is 24.0 Å². The van der Waals surface area contributed by atoms with Crippen molar-refractivity contribution < 1.29 is 22.7 Å². The van der Waals surface area contributed by atoms with Crippen molar-refractivity contribution in [3.05, 3.63) is 48.0 Å². The standard InChI is InChI=1S/C27H35N3O5S/c31-27-20-35-26-12-11-24(19-25(26)28-27)36(32,33)30-15-4-3-14-29-13-2-1-7-22(29)10-9-21-6-5-8-23(18-21)34-17-16-30/h5-6,8,11-12,18-19,22H,1-4,7,9-10,13-17,20H2,(H,28,31). The molecule has 1 amide bonds. The van der Waals surface area contributed by atoms with Crippen LogP contribution in [0, 0.1) is 0 Å². The second-order valence-corrected chi connectivity index (χ2v) is 11.8. The molecule has 3 aliphatic rings. The van der Waals surface area contributed by atoms with Gasteiger partial charge in [-0.2, -0.15) is 4.31 Å². The first-order valence-electron chi connectivity index (χ1n) is 13.0. The third-order valence-corrected chi connectivity index (χ3v) is 9.24. The molecule has 1 unspecified atom stereocenters. The van der Waals surface area contributed by atoms with Crippen LogP contribution in [0.3, 0.4) is 0 Å². The second kappa shape index (κ2) is 11.2. The van der Waals surface area contributed by atoms with E-state index in [1.165, 1.54) is 35.2 Å². The van der Waals surface area contributed by atoms with Gasteiger partial charge in [-0.25, -0.2) is 8.42 Å². The second-order valence-electron chi connectivity index (χ2n) is 9.83. The topological polar surface area (TPSA) is 88.2 Å². The summed E-state index contributed by atoms with van der Waals surface area (Å²) in [5.74, 6) is 0.955. The van der Waals surface area contributed by atoms with E-state index in [9.17, 15) is 13.2 Å². The number of anilines is 1. The van der Waals surface area contributed by atoms with Gasteiger partial charge in [0.1, 0.15) is 18.1 Å². The molecule has 2 aromatic carbocycles. The van der Waals surface area contributed by atoms with Gasteiger partial charge in [-0.15, -0.1) is 0 Å². The largest absolute Gasteiger partial charge is 0.492 e. The van der Waals surface area contributed by atoms with E-state index >= 15 is 0 Å². The fourth-order valence-corrected chi connectivity index (χ4v) is 6.89.